The smallest absolute Gasteiger partial charge is 0.266 e. The molecule has 94 valence electrons. The maximum Gasteiger partial charge on any atom is 0.266 e. The van der Waals surface area contributed by atoms with Crippen LogP contribution in [0.2, 0.25) is 0 Å². The number of hydrogen-bond acceptors (Lipinski definition) is 4. The second kappa shape index (κ2) is 4.31. The van der Waals surface area contributed by atoms with Gasteiger partial charge in [0.2, 0.25) is 0 Å². The van der Waals surface area contributed by atoms with Crippen LogP contribution in [0.3, 0.4) is 0 Å². The predicted octanol–water partition coefficient (Wildman–Crippen LogP) is 0.506. The van der Waals surface area contributed by atoms with Crippen molar-refractivity contribution in [3.63, 3.8) is 0 Å². The summed E-state index contributed by atoms with van der Waals surface area (Å²) in [6, 6.07) is 2.36. The third kappa shape index (κ3) is 1.80. The third-order valence-electron chi connectivity index (χ3n) is 2.36. The first-order chi connectivity index (χ1) is 8.51. The molecule has 7 heteroatoms. The second-order valence-electron chi connectivity index (χ2n) is 3.43. The van der Waals surface area contributed by atoms with Crippen molar-refractivity contribution < 1.29 is 17.5 Å². The molecule has 0 saturated heterocycles. The quantitative estimate of drug-likeness (QED) is 0.794. The zero-order valence-electron chi connectivity index (χ0n) is 9.40. The lowest BCUT2D eigenvalue weighted by Crippen LogP contribution is -2.22. The molecule has 0 bridgehead atoms. The Morgan fingerprint density at radius 2 is 2.28 bits per heavy atom. The van der Waals surface area contributed by atoms with Crippen LogP contribution in [0, 0.1) is 18.2 Å². The number of hydrogen-bond donors (Lipinski definition) is 1. The molecule has 1 aliphatic heterocycles. The summed E-state index contributed by atoms with van der Waals surface area (Å²) in [5.74, 6) is 1.61. The van der Waals surface area contributed by atoms with Gasteiger partial charge in [-0.15, -0.1) is 6.42 Å². The van der Waals surface area contributed by atoms with Crippen LogP contribution in [0.4, 0.5) is 4.39 Å². The van der Waals surface area contributed by atoms with Gasteiger partial charge in [0.1, 0.15) is 28.8 Å². The number of halogens is 1. The van der Waals surface area contributed by atoms with Gasteiger partial charge in [0.15, 0.2) is 0 Å². The van der Waals surface area contributed by atoms with Gasteiger partial charge in [-0.05, 0) is 12.1 Å². The maximum absolute atomic E-state index is 13.6. The molecule has 1 N–H and O–H groups in total. The highest BCUT2D eigenvalue weighted by Crippen LogP contribution is 2.33. The summed E-state index contributed by atoms with van der Waals surface area (Å²) >= 11 is 0. The van der Waals surface area contributed by atoms with E-state index in [1.54, 1.807) is 0 Å². The molecule has 0 amide bonds. The number of methoxy groups -OCH3 is 1. The Labute approximate surface area is 104 Å². The minimum absolute atomic E-state index is 0.000648. The monoisotopic (exact) mass is 268 g/mol. The first-order valence-electron chi connectivity index (χ1n) is 4.89. The molecule has 0 fully saturated rings. The minimum Gasteiger partial charge on any atom is -0.496 e. The maximum atomic E-state index is 13.6. The van der Waals surface area contributed by atoms with Gasteiger partial charge in [0.25, 0.3) is 10.0 Å². The van der Waals surface area contributed by atoms with E-state index in [2.05, 4.69) is 15.6 Å². The largest absolute Gasteiger partial charge is 0.496 e. The fourth-order valence-corrected chi connectivity index (χ4v) is 2.98. The molecule has 0 radical (unpaired) electrons. The summed E-state index contributed by atoms with van der Waals surface area (Å²) in [5, 5.41) is 0. The van der Waals surface area contributed by atoms with Gasteiger partial charge in [-0.1, -0.05) is 5.92 Å². The molecule has 0 aliphatic carbocycles. The van der Waals surface area contributed by atoms with Gasteiger partial charge in [-0.3, -0.25) is 9.71 Å². The second-order valence-corrected chi connectivity index (χ2v) is 5.05. The van der Waals surface area contributed by atoms with Gasteiger partial charge in [0, 0.05) is 0 Å². The zero-order valence-corrected chi connectivity index (χ0v) is 10.2. The number of terminal acetylenes is 1. The van der Waals surface area contributed by atoms with E-state index in [1.165, 1.54) is 13.2 Å². The lowest BCUT2D eigenvalue weighted by molar-refractivity contribution is 0.410. The van der Waals surface area contributed by atoms with Crippen LogP contribution in [0.15, 0.2) is 22.0 Å². The third-order valence-corrected chi connectivity index (χ3v) is 3.76. The standard InChI is InChI=1S/C11H9FN2O3S/c1-3-6-13-11-9-8(17-2)5-4-7(12)10(9)18(15,16)14-11/h1,4-5H,6H2,2H3,(H,13,14). The average Bonchev–Trinajstić information content (AvgIpc) is 2.60. The SMILES string of the molecule is C#CCN=C1NS(=O)(=O)c2c(F)ccc(OC)c21. The topological polar surface area (TPSA) is 67.8 Å². The summed E-state index contributed by atoms with van der Waals surface area (Å²) in [7, 11) is -2.59. The summed E-state index contributed by atoms with van der Waals surface area (Å²) in [6.07, 6.45) is 5.06. The molecule has 0 saturated carbocycles. The molecule has 0 unspecified atom stereocenters. The summed E-state index contributed by atoms with van der Waals surface area (Å²) in [5.41, 5.74) is 0.0766. The van der Waals surface area contributed by atoms with E-state index in [-0.39, 0.29) is 23.7 Å². The molecular formula is C11H9FN2O3S. The van der Waals surface area contributed by atoms with Crippen molar-refractivity contribution in [1.82, 2.24) is 4.72 Å². The predicted molar refractivity (Wildman–Crippen MR) is 63.5 cm³/mol. The Kier molecular flexibility index (Phi) is 2.97. The Morgan fingerprint density at radius 3 is 2.89 bits per heavy atom. The number of nitrogens with one attached hydrogen (secondary N) is 1. The zero-order chi connectivity index (χ0) is 13.3. The number of ether oxygens (including phenoxy) is 1. The van der Waals surface area contributed by atoms with Crippen molar-refractivity contribution in [3.05, 3.63) is 23.5 Å². The summed E-state index contributed by atoms with van der Waals surface area (Å²) in [4.78, 5) is 3.41. The number of rotatable bonds is 2. The number of aliphatic imine (C=N–C) groups is 1. The van der Waals surface area contributed by atoms with E-state index in [9.17, 15) is 12.8 Å². The van der Waals surface area contributed by atoms with E-state index >= 15 is 0 Å². The van der Waals surface area contributed by atoms with Gasteiger partial charge < -0.3 is 4.74 Å². The number of benzene rings is 1. The van der Waals surface area contributed by atoms with Crippen LogP contribution < -0.4 is 9.46 Å². The lowest BCUT2D eigenvalue weighted by Gasteiger charge is -2.05. The van der Waals surface area contributed by atoms with Crippen LogP contribution in [0.25, 0.3) is 0 Å². The van der Waals surface area contributed by atoms with E-state index < -0.39 is 20.7 Å². The fraction of sp³-hybridized carbons (Fsp3) is 0.182. The van der Waals surface area contributed by atoms with Crippen molar-refractivity contribution in [2.24, 2.45) is 4.99 Å². The molecule has 1 aromatic carbocycles. The Morgan fingerprint density at radius 1 is 1.56 bits per heavy atom. The van der Waals surface area contributed by atoms with Crippen molar-refractivity contribution in [2.45, 2.75) is 4.90 Å². The van der Waals surface area contributed by atoms with Crippen LogP contribution in [0.1, 0.15) is 5.56 Å². The highest BCUT2D eigenvalue weighted by molar-refractivity contribution is 7.90. The van der Waals surface area contributed by atoms with Crippen molar-refractivity contribution >= 4 is 15.9 Å². The molecule has 1 heterocycles. The highest BCUT2D eigenvalue weighted by atomic mass is 32.2. The number of nitrogens with zero attached hydrogens (tertiary/aromatic N) is 1. The summed E-state index contributed by atoms with van der Waals surface area (Å²) < 4.78 is 44.3. The van der Waals surface area contributed by atoms with Crippen molar-refractivity contribution in [2.75, 3.05) is 13.7 Å². The van der Waals surface area contributed by atoms with Crippen molar-refractivity contribution in [1.29, 1.82) is 0 Å². The van der Waals surface area contributed by atoms with Crippen LogP contribution in [-0.2, 0) is 10.0 Å². The van der Waals surface area contributed by atoms with E-state index in [0.29, 0.717) is 0 Å². The highest BCUT2D eigenvalue weighted by Gasteiger charge is 2.36. The van der Waals surface area contributed by atoms with Gasteiger partial charge in [-0.25, -0.2) is 12.8 Å². The van der Waals surface area contributed by atoms with E-state index in [1.807, 2.05) is 0 Å². The number of amidine groups is 1. The molecule has 1 aliphatic rings. The van der Waals surface area contributed by atoms with Gasteiger partial charge >= 0.3 is 0 Å². The summed E-state index contributed by atoms with van der Waals surface area (Å²) in [6.45, 7) is -0.0169. The van der Waals surface area contributed by atoms with E-state index in [0.717, 1.165) is 6.07 Å². The molecule has 1 aromatic rings. The first kappa shape index (κ1) is 12.4. The molecule has 0 spiro atoms. The lowest BCUT2D eigenvalue weighted by atomic mass is 10.1. The molecule has 18 heavy (non-hydrogen) atoms. The number of fused-ring (bicyclic) bond motifs is 1. The Bertz CT molecular complexity index is 674. The van der Waals surface area contributed by atoms with Crippen LogP contribution in [-0.4, -0.2) is 27.9 Å². The molecule has 0 atom stereocenters. The molecule has 0 aromatic heterocycles. The Balaban J connectivity index is 2.76. The van der Waals surface area contributed by atoms with Crippen LogP contribution in [0.5, 0.6) is 5.75 Å². The van der Waals surface area contributed by atoms with Gasteiger partial charge in [-0.2, -0.15) is 0 Å². The van der Waals surface area contributed by atoms with Gasteiger partial charge in [0.05, 0.1) is 12.7 Å². The molecule has 2 rings (SSSR count). The van der Waals surface area contributed by atoms with Crippen molar-refractivity contribution in [3.8, 4) is 18.1 Å². The molecule has 5 nitrogen and oxygen atoms in total. The number of sulfonamides is 1. The van der Waals surface area contributed by atoms with E-state index in [4.69, 9.17) is 11.2 Å². The average molecular weight is 268 g/mol. The first-order valence-corrected chi connectivity index (χ1v) is 6.37. The normalized spacial score (nSPS) is 17.9. The minimum atomic E-state index is -3.95. The van der Waals surface area contributed by atoms with Crippen LogP contribution >= 0.6 is 0 Å². The molecular weight excluding hydrogens is 259 g/mol. The Hall–Kier alpha value is -2.07. The fourth-order valence-electron chi connectivity index (χ4n) is 1.66.